The van der Waals surface area contributed by atoms with Gasteiger partial charge < -0.3 is 10.1 Å². The molecule has 0 amide bonds. The summed E-state index contributed by atoms with van der Waals surface area (Å²) >= 11 is 0. The summed E-state index contributed by atoms with van der Waals surface area (Å²) in [4.78, 5) is 3.02. The predicted molar refractivity (Wildman–Crippen MR) is 65.4 cm³/mol. The lowest BCUT2D eigenvalue weighted by Gasteiger charge is -2.11. The highest BCUT2D eigenvalue weighted by molar-refractivity contribution is 5.30. The molecule has 16 heavy (non-hydrogen) atoms. The van der Waals surface area contributed by atoms with E-state index in [9.17, 15) is 5.11 Å². The second-order valence-electron chi connectivity index (χ2n) is 4.35. The van der Waals surface area contributed by atoms with Crippen LogP contribution in [0, 0.1) is 0 Å². The molecule has 0 bridgehead atoms. The van der Waals surface area contributed by atoms with Crippen LogP contribution in [0.5, 0.6) is 0 Å². The molecule has 2 heteroatoms. The Hall–Kier alpha value is -1.54. The summed E-state index contributed by atoms with van der Waals surface area (Å²) in [5, 5.41) is 10.1. The molecular formula is C14H17NO. The van der Waals surface area contributed by atoms with E-state index in [0.717, 1.165) is 11.3 Å². The van der Waals surface area contributed by atoms with Gasteiger partial charge in [0.25, 0.3) is 0 Å². The second kappa shape index (κ2) is 4.54. The standard InChI is InChI=1S/C14H17NO/c1-10(2)11-5-7-12(8-6-11)14(16)13-4-3-9-15-13/h3-10,14-16H,1-2H3. The lowest BCUT2D eigenvalue weighted by molar-refractivity contribution is 0.216. The van der Waals surface area contributed by atoms with Crippen molar-refractivity contribution in [2.75, 3.05) is 0 Å². The predicted octanol–water partition coefficient (Wildman–Crippen LogP) is 3.22. The SMILES string of the molecule is CC(C)c1ccc(C(O)c2ccc[nH]2)cc1. The summed E-state index contributed by atoms with van der Waals surface area (Å²) in [6.45, 7) is 4.33. The Kier molecular flexibility index (Phi) is 3.11. The van der Waals surface area contributed by atoms with E-state index in [1.807, 2.05) is 30.5 Å². The Labute approximate surface area is 96.0 Å². The van der Waals surface area contributed by atoms with Crippen LogP contribution in [0.1, 0.15) is 42.7 Å². The van der Waals surface area contributed by atoms with Crippen LogP contribution >= 0.6 is 0 Å². The first-order chi connectivity index (χ1) is 7.68. The van der Waals surface area contributed by atoms with E-state index >= 15 is 0 Å². The second-order valence-corrected chi connectivity index (χ2v) is 4.35. The van der Waals surface area contributed by atoms with Gasteiger partial charge in [-0.15, -0.1) is 0 Å². The third-order valence-corrected chi connectivity index (χ3v) is 2.84. The number of nitrogens with one attached hydrogen (secondary N) is 1. The molecule has 0 saturated heterocycles. The monoisotopic (exact) mass is 215 g/mol. The minimum Gasteiger partial charge on any atom is -0.382 e. The molecule has 0 saturated carbocycles. The van der Waals surface area contributed by atoms with Gasteiger partial charge in [-0.2, -0.15) is 0 Å². The maximum atomic E-state index is 10.1. The van der Waals surface area contributed by atoms with Crippen molar-refractivity contribution >= 4 is 0 Å². The van der Waals surface area contributed by atoms with Gasteiger partial charge in [-0.3, -0.25) is 0 Å². The topological polar surface area (TPSA) is 36.0 Å². The summed E-state index contributed by atoms with van der Waals surface area (Å²) in [7, 11) is 0. The maximum Gasteiger partial charge on any atom is 0.119 e. The lowest BCUT2D eigenvalue weighted by atomic mass is 9.99. The molecule has 0 aliphatic carbocycles. The molecule has 1 atom stereocenters. The van der Waals surface area contributed by atoms with Crippen molar-refractivity contribution in [2.24, 2.45) is 0 Å². The number of H-pyrrole nitrogens is 1. The smallest absolute Gasteiger partial charge is 0.119 e. The number of aliphatic hydroxyl groups is 1. The largest absolute Gasteiger partial charge is 0.382 e. The van der Waals surface area contributed by atoms with Crippen LogP contribution in [0.15, 0.2) is 42.6 Å². The molecule has 0 aliphatic rings. The van der Waals surface area contributed by atoms with Crippen molar-refractivity contribution in [1.82, 2.24) is 4.98 Å². The molecule has 0 fully saturated rings. The number of hydrogen-bond acceptors (Lipinski definition) is 1. The van der Waals surface area contributed by atoms with Crippen LogP contribution in [0.3, 0.4) is 0 Å². The van der Waals surface area contributed by atoms with Gasteiger partial charge in [-0.1, -0.05) is 38.1 Å². The molecule has 2 nitrogen and oxygen atoms in total. The van der Waals surface area contributed by atoms with Gasteiger partial charge in [0, 0.05) is 11.9 Å². The van der Waals surface area contributed by atoms with Crippen LogP contribution in [0.4, 0.5) is 0 Å². The van der Waals surface area contributed by atoms with Crippen molar-refractivity contribution in [1.29, 1.82) is 0 Å². The molecule has 2 aromatic rings. The summed E-state index contributed by atoms with van der Waals surface area (Å²) in [6, 6.07) is 11.9. The highest BCUT2D eigenvalue weighted by Crippen LogP contribution is 2.22. The third-order valence-electron chi connectivity index (χ3n) is 2.84. The summed E-state index contributed by atoms with van der Waals surface area (Å²) in [5.41, 5.74) is 3.05. The molecule has 1 aromatic heterocycles. The minimum atomic E-state index is -0.559. The molecule has 2 rings (SSSR count). The summed E-state index contributed by atoms with van der Waals surface area (Å²) in [6.07, 6.45) is 1.26. The van der Waals surface area contributed by atoms with Gasteiger partial charge in [0.2, 0.25) is 0 Å². The molecule has 84 valence electrons. The number of hydrogen-bond donors (Lipinski definition) is 2. The fourth-order valence-electron chi connectivity index (χ4n) is 1.76. The van der Waals surface area contributed by atoms with Gasteiger partial charge in [-0.05, 0) is 29.2 Å². The third kappa shape index (κ3) is 2.17. The van der Waals surface area contributed by atoms with Crippen LogP contribution in [-0.4, -0.2) is 10.1 Å². The molecule has 0 radical (unpaired) electrons. The Balaban J connectivity index is 2.22. The van der Waals surface area contributed by atoms with Crippen LogP contribution in [-0.2, 0) is 0 Å². The first-order valence-corrected chi connectivity index (χ1v) is 5.59. The van der Waals surface area contributed by atoms with Gasteiger partial charge >= 0.3 is 0 Å². The average molecular weight is 215 g/mol. The highest BCUT2D eigenvalue weighted by atomic mass is 16.3. The molecule has 1 unspecified atom stereocenters. The first kappa shape index (κ1) is 11.0. The van der Waals surface area contributed by atoms with Gasteiger partial charge in [0.05, 0.1) is 0 Å². The van der Waals surface area contributed by atoms with E-state index in [2.05, 4.69) is 31.0 Å². The van der Waals surface area contributed by atoms with E-state index in [-0.39, 0.29) is 0 Å². The fourth-order valence-corrected chi connectivity index (χ4v) is 1.76. The Bertz CT molecular complexity index is 428. The summed E-state index contributed by atoms with van der Waals surface area (Å²) < 4.78 is 0. The van der Waals surface area contributed by atoms with Crippen LogP contribution in [0.25, 0.3) is 0 Å². The average Bonchev–Trinajstić information content (AvgIpc) is 2.81. The van der Waals surface area contributed by atoms with Crippen molar-refractivity contribution in [3.05, 3.63) is 59.4 Å². The van der Waals surface area contributed by atoms with Crippen molar-refractivity contribution in [3.63, 3.8) is 0 Å². The number of aliphatic hydroxyl groups excluding tert-OH is 1. The maximum absolute atomic E-state index is 10.1. The van der Waals surface area contributed by atoms with Crippen LogP contribution < -0.4 is 0 Å². The van der Waals surface area contributed by atoms with E-state index < -0.39 is 6.10 Å². The van der Waals surface area contributed by atoms with Crippen LogP contribution in [0.2, 0.25) is 0 Å². The Morgan fingerprint density at radius 1 is 1.00 bits per heavy atom. The van der Waals surface area contributed by atoms with Gasteiger partial charge in [-0.25, -0.2) is 0 Å². The molecular weight excluding hydrogens is 198 g/mol. The number of rotatable bonds is 3. The van der Waals surface area contributed by atoms with Crippen molar-refractivity contribution in [3.8, 4) is 0 Å². The van der Waals surface area contributed by atoms with E-state index in [1.54, 1.807) is 0 Å². The molecule has 1 aromatic carbocycles. The fraction of sp³-hybridized carbons (Fsp3) is 0.286. The number of benzene rings is 1. The van der Waals surface area contributed by atoms with E-state index in [0.29, 0.717) is 5.92 Å². The highest BCUT2D eigenvalue weighted by Gasteiger charge is 2.10. The van der Waals surface area contributed by atoms with Gasteiger partial charge in [0.15, 0.2) is 0 Å². The zero-order chi connectivity index (χ0) is 11.5. The lowest BCUT2D eigenvalue weighted by Crippen LogP contribution is -2.00. The zero-order valence-corrected chi connectivity index (χ0v) is 9.64. The quantitative estimate of drug-likeness (QED) is 0.810. The minimum absolute atomic E-state index is 0.525. The molecule has 1 heterocycles. The Morgan fingerprint density at radius 2 is 1.62 bits per heavy atom. The van der Waals surface area contributed by atoms with E-state index in [4.69, 9.17) is 0 Å². The Morgan fingerprint density at radius 3 is 2.12 bits per heavy atom. The number of aromatic nitrogens is 1. The normalized spacial score (nSPS) is 13.0. The summed E-state index contributed by atoms with van der Waals surface area (Å²) in [5.74, 6) is 0.525. The van der Waals surface area contributed by atoms with E-state index in [1.165, 1.54) is 5.56 Å². The molecule has 0 aliphatic heterocycles. The molecule has 0 spiro atoms. The van der Waals surface area contributed by atoms with Gasteiger partial charge in [0.1, 0.15) is 6.10 Å². The zero-order valence-electron chi connectivity index (χ0n) is 9.64. The van der Waals surface area contributed by atoms with Crippen molar-refractivity contribution < 1.29 is 5.11 Å². The molecule has 2 N–H and O–H groups in total. The van der Waals surface area contributed by atoms with Crippen molar-refractivity contribution in [2.45, 2.75) is 25.9 Å². The first-order valence-electron chi connectivity index (χ1n) is 5.59. The number of aromatic amines is 1.